The zero-order chi connectivity index (χ0) is 13.1. The van der Waals surface area contributed by atoms with Crippen LogP contribution in [0.2, 0.25) is 0 Å². The predicted octanol–water partition coefficient (Wildman–Crippen LogP) is 1.28. The largest absolute Gasteiger partial charge is 0.331 e. The highest BCUT2D eigenvalue weighted by atomic mass is 16.2. The summed E-state index contributed by atoms with van der Waals surface area (Å²) in [4.78, 5) is 37.4. The van der Waals surface area contributed by atoms with E-state index in [-0.39, 0.29) is 11.9 Å². The number of urea groups is 1. The van der Waals surface area contributed by atoms with Crippen molar-refractivity contribution < 1.29 is 14.4 Å². The molecule has 0 aromatic heterocycles. The molecule has 0 aromatic carbocycles. The lowest BCUT2D eigenvalue weighted by Crippen LogP contribution is -2.65. The summed E-state index contributed by atoms with van der Waals surface area (Å²) in [6.45, 7) is 3.17. The Bertz CT molecular complexity index is 424. The van der Waals surface area contributed by atoms with Gasteiger partial charge in [0, 0.05) is 6.04 Å². The highest BCUT2D eigenvalue weighted by Gasteiger charge is 2.55. The number of nitrogens with one attached hydrogen (secondary N) is 1. The van der Waals surface area contributed by atoms with E-state index in [1.807, 2.05) is 0 Å². The van der Waals surface area contributed by atoms with Crippen molar-refractivity contribution >= 4 is 17.8 Å². The van der Waals surface area contributed by atoms with E-state index in [1.165, 1.54) is 4.90 Å². The van der Waals surface area contributed by atoms with Crippen molar-refractivity contribution in [2.45, 2.75) is 45.6 Å². The number of hydrogen-bond acceptors (Lipinski definition) is 3. The van der Waals surface area contributed by atoms with Crippen LogP contribution in [0.3, 0.4) is 0 Å². The van der Waals surface area contributed by atoms with Gasteiger partial charge < -0.3 is 0 Å². The van der Waals surface area contributed by atoms with Gasteiger partial charge in [0.1, 0.15) is 5.41 Å². The molecule has 5 nitrogen and oxygen atoms in total. The second kappa shape index (κ2) is 3.56. The Morgan fingerprint density at radius 2 is 1.61 bits per heavy atom. The number of barbiturate groups is 1. The van der Waals surface area contributed by atoms with Crippen molar-refractivity contribution in [1.82, 2.24) is 10.2 Å². The number of rotatable bonds is 3. The molecular weight excluding hydrogens is 232 g/mol. The van der Waals surface area contributed by atoms with Gasteiger partial charge in [-0.05, 0) is 51.4 Å². The highest BCUT2D eigenvalue weighted by Crippen LogP contribution is 2.48. The van der Waals surface area contributed by atoms with Crippen molar-refractivity contribution in [3.8, 4) is 0 Å². The molecule has 98 valence electrons. The van der Waals surface area contributed by atoms with Crippen molar-refractivity contribution in [3.05, 3.63) is 0 Å². The third kappa shape index (κ3) is 1.64. The zero-order valence-electron chi connectivity index (χ0n) is 10.7. The molecule has 4 amide bonds. The van der Waals surface area contributed by atoms with Crippen LogP contribution in [0.5, 0.6) is 0 Å². The Hall–Kier alpha value is -1.39. The fourth-order valence-corrected chi connectivity index (χ4v) is 2.76. The molecule has 3 aliphatic rings. The average Bonchev–Trinajstić information content (AvgIpc) is 3.13. The quantitative estimate of drug-likeness (QED) is 0.767. The fourth-order valence-electron chi connectivity index (χ4n) is 2.76. The van der Waals surface area contributed by atoms with E-state index < -0.39 is 17.4 Å². The summed E-state index contributed by atoms with van der Waals surface area (Å²) < 4.78 is 0. The molecule has 1 saturated heterocycles. The van der Waals surface area contributed by atoms with Crippen molar-refractivity contribution in [1.29, 1.82) is 0 Å². The Kier molecular flexibility index (Phi) is 2.31. The molecule has 1 aliphatic heterocycles. The number of carbonyl (C=O) groups excluding carboxylic acids is 3. The third-order valence-electron chi connectivity index (χ3n) is 4.27. The molecule has 3 fully saturated rings. The molecule has 18 heavy (non-hydrogen) atoms. The number of nitrogens with zero attached hydrogens (tertiary/aromatic N) is 1. The van der Waals surface area contributed by atoms with E-state index >= 15 is 0 Å². The Morgan fingerprint density at radius 1 is 1.11 bits per heavy atom. The maximum atomic E-state index is 12.4. The van der Waals surface area contributed by atoms with Gasteiger partial charge in [-0.1, -0.05) is 0 Å². The SMILES string of the molecule is CC1(C)C(=O)NC(=O)N(C(C2CC2)C2CC2)C1=O. The second-order valence-electron chi connectivity index (χ2n) is 6.22. The Morgan fingerprint density at radius 3 is 2.06 bits per heavy atom. The standard InChI is InChI=1S/C13H18N2O3/c1-13(2)10(16)14-12(18)15(11(13)17)9(7-3-4-7)8-5-6-8/h7-9H,3-6H2,1-2H3,(H,14,16,18). The van der Waals surface area contributed by atoms with Crippen LogP contribution < -0.4 is 5.32 Å². The monoisotopic (exact) mass is 250 g/mol. The van der Waals surface area contributed by atoms with Gasteiger partial charge in [-0.3, -0.25) is 19.8 Å². The van der Waals surface area contributed by atoms with E-state index in [1.54, 1.807) is 13.8 Å². The van der Waals surface area contributed by atoms with Gasteiger partial charge in [0.05, 0.1) is 0 Å². The van der Waals surface area contributed by atoms with Gasteiger partial charge in [-0.2, -0.15) is 0 Å². The first kappa shape index (κ1) is 11.7. The van der Waals surface area contributed by atoms with Gasteiger partial charge in [0.25, 0.3) is 0 Å². The number of carbonyl (C=O) groups is 3. The second-order valence-corrected chi connectivity index (χ2v) is 6.22. The summed E-state index contributed by atoms with van der Waals surface area (Å²) >= 11 is 0. The number of amides is 4. The highest BCUT2D eigenvalue weighted by molar-refractivity contribution is 6.18. The van der Waals surface area contributed by atoms with Crippen LogP contribution in [0.4, 0.5) is 4.79 Å². The van der Waals surface area contributed by atoms with Crippen LogP contribution in [-0.4, -0.2) is 28.8 Å². The van der Waals surface area contributed by atoms with Crippen LogP contribution in [0, 0.1) is 17.3 Å². The lowest BCUT2D eigenvalue weighted by molar-refractivity contribution is -0.151. The molecule has 2 aliphatic carbocycles. The van der Waals surface area contributed by atoms with Gasteiger partial charge in [-0.15, -0.1) is 0 Å². The molecule has 3 rings (SSSR count). The molecule has 5 heteroatoms. The summed E-state index contributed by atoms with van der Waals surface area (Å²) in [5.74, 6) is 0.0894. The molecule has 0 spiro atoms. The van der Waals surface area contributed by atoms with E-state index in [4.69, 9.17) is 0 Å². The summed E-state index contributed by atoms with van der Waals surface area (Å²) in [6.07, 6.45) is 4.36. The first-order valence-electron chi connectivity index (χ1n) is 6.62. The molecule has 0 bridgehead atoms. The third-order valence-corrected chi connectivity index (χ3v) is 4.27. The zero-order valence-corrected chi connectivity index (χ0v) is 10.7. The van der Waals surface area contributed by atoms with Gasteiger partial charge in [0.2, 0.25) is 11.8 Å². The van der Waals surface area contributed by atoms with Gasteiger partial charge >= 0.3 is 6.03 Å². The fraction of sp³-hybridized carbons (Fsp3) is 0.769. The number of imide groups is 2. The molecule has 1 heterocycles. The van der Waals surface area contributed by atoms with E-state index in [2.05, 4.69) is 5.32 Å². The molecule has 0 atom stereocenters. The summed E-state index contributed by atoms with van der Waals surface area (Å²) in [6, 6.07) is -0.502. The van der Waals surface area contributed by atoms with Crippen LogP contribution >= 0.6 is 0 Å². The van der Waals surface area contributed by atoms with Gasteiger partial charge in [0.15, 0.2) is 0 Å². The molecule has 1 N–H and O–H groups in total. The predicted molar refractivity (Wildman–Crippen MR) is 63.4 cm³/mol. The maximum absolute atomic E-state index is 12.4. The lowest BCUT2D eigenvalue weighted by Gasteiger charge is -2.39. The van der Waals surface area contributed by atoms with Crippen LogP contribution in [0.1, 0.15) is 39.5 Å². The topological polar surface area (TPSA) is 66.5 Å². The summed E-state index contributed by atoms with van der Waals surface area (Å²) in [5, 5.41) is 2.32. The Balaban J connectivity index is 1.91. The van der Waals surface area contributed by atoms with E-state index in [0.29, 0.717) is 11.8 Å². The summed E-state index contributed by atoms with van der Waals surface area (Å²) in [5.41, 5.74) is -1.13. The Labute approximate surface area is 106 Å². The van der Waals surface area contributed by atoms with Crippen molar-refractivity contribution in [2.24, 2.45) is 17.3 Å². The number of hydrogen-bond donors (Lipinski definition) is 1. The van der Waals surface area contributed by atoms with E-state index in [0.717, 1.165) is 25.7 Å². The van der Waals surface area contributed by atoms with E-state index in [9.17, 15) is 14.4 Å². The lowest BCUT2D eigenvalue weighted by atomic mass is 9.87. The molecule has 0 aromatic rings. The minimum absolute atomic E-state index is 0.0184. The molecule has 0 radical (unpaired) electrons. The van der Waals surface area contributed by atoms with Crippen molar-refractivity contribution in [3.63, 3.8) is 0 Å². The minimum atomic E-state index is -1.13. The average molecular weight is 250 g/mol. The summed E-state index contributed by atoms with van der Waals surface area (Å²) in [7, 11) is 0. The molecule has 0 unspecified atom stereocenters. The first-order valence-corrected chi connectivity index (χ1v) is 6.62. The van der Waals surface area contributed by atoms with Crippen molar-refractivity contribution in [2.75, 3.05) is 0 Å². The molecular formula is C13H18N2O3. The molecule has 2 saturated carbocycles. The van der Waals surface area contributed by atoms with Crippen LogP contribution in [0.25, 0.3) is 0 Å². The smallest absolute Gasteiger partial charge is 0.277 e. The maximum Gasteiger partial charge on any atom is 0.331 e. The van der Waals surface area contributed by atoms with Gasteiger partial charge in [-0.25, -0.2) is 4.79 Å². The normalized spacial score (nSPS) is 27.7. The first-order chi connectivity index (χ1) is 8.43. The minimum Gasteiger partial charge on any atom is -0.277 e. The van der Waals surface area contributed by atoms with Crippen LogP contribution in [0.15, 0.2) is 0 Å². The van der Waals surface area contributed by atoms with Crippen LogP contribution in [-0.2, 0) is 9.59 Å².